The largest absolute Gasteiger partial charge is 0.396 e. The molecule has 0 aliphatic heterocycles. The van der Waals surface area contributed by atoms with Crippen LogP contribution in [-0.2, 0) is 0 Å². The van der Waals surface area contributed by atoms with Gasteiger partial charge in [-0.3, -0.25) is 0 Å². The number of aliphatic hydroxyl groups excluding tert-OH is 1. The standard InChI is InChI=1S/C13H21N3O2/c1-10(8-9-17)14-13(18)15-11-6-4-5-7-12(11)16(2)3/h4-7,10,17H,8-9H2,1-3H3,(H2,14,15,18)/t10-/m1/s1. The number of para-hydroxylation sites is 2. The van der Waals surface area contributed by atoms with Crippen molar-refractivity contribution in [1.82, 2.24) is 5.32 Å². The van der Waals surface area contributed by atoms with Crippen LogP contribution in [-0.4, -0.2) is 37.9 Å². The van der Waals surface area contributed by atoms with Gasteiger partial charge >= 0.3 is 6.03 Å². The summed E-state index contributed by atoms with van der Waals surface area (Å²) in [5.41, 5.74) is 1.71. The van der Waals surface area contributed by atoms with Gasteiger partial charge in [-0.25, -0.2) is 4.79 Å². The first kappa shape index (κ1) is 14.3. The molecule has 0 aromatic heterocycles. The van der Waals surface area contributed by atoms with Crippen molar-refractivity contribution < 1.29 is 9.90 Å². The minimum absolute atomic E-state index is 0.0541. The van der Waals surface area contributed by atoms with Crippen LogP contribution in [0.3, 0.4) is 0 Å². The van der Waals surface area contributed by atoms with Gasteiger partial charge in [-0.1, -0.05) is 12.1 Å². The first-order chi connectivity index (χ1) is 8.54. The summed E-state index contributed by atoms with van der Waals surface area (Å²) in [5.74, 6) is 0. The number of rotatable bonds is 5. The summed E-state index contributed by atoms with van der Waals surface area (Å²) in [6, 6.07) is 7.28. The monoisotopic (exact) mass is 251 g/mol. The smallest absolute Gasteiger partial charge is 0.319 e. The summed E-state index contributed by atoms with van der Waals surface area (Å²) >= 11 is 0. The molecule has 0 heterocycles. The second kappa shape index (κ2) is 6.86. The van der Waals surface area contributed by atoms with Crippen molar-refractivity contribution in [3.8, 4) is 0 Å². The van der Waals surface area contributed by atoms with Gasteiger partial charge in [0.05, 0.1) is 11.4 Å². The molecule has 0 aliphatic rings. The fraction of sp³-hybridized carbons (Fsp3) is 0.462. The molecule has 0 spiro atoms. The van der Waals surface area contributed by atoms with Crippen molar-refractivity contribution in [1.29, 1.82) is 0 Å². The Hall–Kier alpha value is -1.75. The molecule has 18 heavy (non-hydrogen) atoms. The number of benzene rings is 1. The van der Waals surface area contributed by atoms with E-state index in [9.17, 15) is 4.79 Å². The topological polar surface area (TPSA) is 64.6 Å². The third-order valence-corrected chi connectivity index (χ3v) is 2.57. The van der Waals surface area contributed by atoms with E-state index in [0.717, 1.165) is 11.4 Å². The summed E-state index contributed by atoms with van der Waals surface area (Å²) in [6.07, 6.45) is 0.544. The molecule has 0 aliphatic carbocycles. The number of carbonyl (C=O) groups is 1. The first-order valence-electron chi connectivity index (χ1n) is 5.99. The lowest BCUT2D eigenvalue weighted by atomic mass is 10.2. The van der Waals surface area contributed by atoms with Crippen LogP contribution in [0, 0.1) is 0 Å². The van der Waals surface area contributed by atoms with Gasteiger partial charge in [0.25, 0.3) is 0 Å². The quantitative estimate of drug-likeness (QED) is 0.745. The molecule has 2 amide bonds. The highest BCUT2D eigenvalue weighted by Gasteiger charge is 2.09. The maximum atomic E-state index is 11.8. The number of aliphatic hydroxyl groups is 1. The normalized spacial score (nSPS) is 11.8. The Morgan fingerprint density at radius 2 is 2.06 bits per heavy atom. The molecule has 1 atom stereocenters. The van der Waals surface area contributed by atoms with E-state index in [0.29, 0.717) is 6.42 Å². The highest BCUT2D eigenvalue weighted by Crippen LogP contribution is 2.23. The summed E-state index contributed by atoms with van der Waals surface area (Å²) in [6.45, 7) is 1.92. The van der Waals surface area contributed by atoms with Crippen LogP contribution in [0.15, 0.2) is 24.3 Å². The number of hydrogen-bond donors (Lipinski definition) is 3. The summed E-state index contributed by atoms with van der Waals surface area (Å²) in [5, 5.41) is 14.4. The average molecular weight is 251 g/mol. The molecule has 0 saturated carbocycles. The van der Waals surface area contributed by atoms with Gasteiger partial charge in [0.2, 0.25) is 0 Å². The number of anilines is 2. The molecule has 5 nitrogen and oxygen atoms in total. The van der Waals surface area contributed by atoms with Crippen molar-refractivity contribution in [2.75, 3.05) is 30.9 Å². The molecule has 1 aromatic carbocycles. The molecular formula is C13H21N3O2. The van der Waals surface area contributed by atoms with Gasteiger partial charge in [0.1, 0.15) is 0 Å². The number of nitrogens with one attached hydrogen (secondary N) is 2. The Kier molecular flexibility index (Phi) is 5.45. The zero-order valence-electron chi connectivity index (χ0n) is 11.1. The van der Waals surface area contributed by atoms with E-state index < -0.39 is 0 Å². The zero-order valence-corrected chi connectivity index (χ0v) is 11.1. The summed E-state index contributed by atoms with van der Waals surface area (Å²) in [7, 11) is 3.85. The highest BCUT2D eigenvalue weighted by atomic mass is 16.3. The number of hydrogen-bond acceptors (Lipinski definition) is 3. The Morgan fingerprint density at radius 3 is 2.67 bits per heavy atom. The van der Waals surface area contributed by atoms with Crippen molar-refractivity contribution in [2.24, 2.45) is 0 Å². The molecule has 0 bridgehead atoms. The summed E-state index contributed by atoms with van der Waals surface area (Å²) in [4.78, 5) is 13.7. The van der Waals surface area contributed by atoms with Crippen LogP contribution in [0.4, 0.5) is 16.2 Å². The lowest BCUT2D eigenvalue weighted by Crippen LogP contribution is -2.36. The van der Waals surface area contributed by atoms with Gasteiger partial charge in [0.15, 0.2) is 0 Å². The molecule has 0 unspecified atom stereocenters. The Labute approximate surface area is 108 Å². The van der Waals surface area contributed by atoms with Crippen LogP contribution in [0.1, 0.15) is 13.3 Å². The Bertz CT molecular complexity index is 394. The maximum absolute atomic E-state index is 11.8. The van der Waals surface area contributed by atoms with Gasteiger partial charge in [-0.2, -0.15) is 0 Å². The molecule has 5 heteroatoms. The van der Waals surface area contributed by atoms with Crippen molar-refractivity contribution in [3.05, 3.63) is 24.3 Å². The van der Waals surface area contributed by atoms with Gasteiger partial charge in [0, 0.05) is 26.7 Å². The Morgan fingerprint density at radius 1 is 1.39 bits per heavy atom. The minimum Gasteiger partial charge on any atom is -0.396 e. The molecule has 100 valence electrons. The third-order valence-electron chi connectivity index (χ3n) is 2.57. The second-order valence-corrected chi connectivity index (χ2v) is 4.42. The highest BCUT2D eigenvalue weighted by molar-refractivity contribution is 5.93. The van der Waals surface area contributed by atoms with E-state index >= 15 is 0 Å². The predicted octanol–water partition coefficient (Wildman–Crippen LogP) is 1.65. The zero-order chi connectivity index (χ0) is 13.5. The van der Waals surface area contributed by atoms with Crippen LogP contribution < -0.4 is 15.5 Å². The number of carbonyl (C=O) groups excluding carboxylic acids is 1. The van der Waals surface area contributed by atoms with Gasteiger partial charge in [-0.15, -0.1) is 0 Å². The molecule has 0 saturated heterocycles. The van der Waals surface area contributed by atoms with Crippen molar-refractivity contribution in [3.63, 3.8) is 0 Å². The van der Waals surface area contributed by atoms with Gasteiger partial charge < -0.3 is 20.6 Å². The molecule has 1 rings (SSSR count). The average Bonchev–Trinajstić information content (AvgIpc) is 2.29. The van der Waals surface area contributed by atoms with Crippen LogP contribution in [0.2, 0.25) is 0 Å². The number of amides is 2. The van der Waals surface area contributed by atoms with E-state index in [2.05, 4.69) is 10.6 Å². The second-order valence-electron chi connectivity index (χ2n) is 4.42. The molecular weight excluding hydrogens is 230 g/mol. The van der Waals surface area contributed by atoms with Crippen LogP contribution in [0.25, 0.3) is 0 Å². The van der Waals surface area contributed by atoms with Crippen LogP contribution >= 0.6 is 0 Å². The van der Waals surface area contributed by atoms with Crippen molar-refractivity contribution in [2.45, 2.75) is 19.4 Å². The maximum Gasteiger partial charge on any atom is 0.319 e. The lowest BCUT2D eigenvalue weighted by Gasteiger charge is -2.19. The first-order valence-corrected chi connectivity index (χ1v) is 5.99. The van der Waals surface area contributed by atoms with Crippen molar-refractivity contribution >= 4 is 17.4 Å². The van der Waals surface area contributed by atoms with E-state index in [-0.39, 0.29) is 18.7 Å². The number of nitrogens with zero attached hydrogens (tertiary/aromatic N) is 1. The Balaban J connectivity index is 2.64. The fourth-order valence-electron chi connectivity index (χ4n) is 1.62. The fourth-order valence-corrected chi connectivity index (χ4v) is 1.62. The van der Waals surface area contributed by atoms with E-state index in [4.69, 9.17) is 5.11 Å². The lowest BCUT2D eigenvalue weighted by molar-refractivity contribution is 0.241. The molecule has 3 N–H and O–H groups in total. The van der Waals surface area contributed by atoms with Gasteiger partial charge in [-0.05, 0) is 25.5 Å². The number of urea groups is 1. The van der Waals surface area contributed by atoms with E-state index in [1.807, 2.05) is 50.2 Å². The van der Waals surface area contributed by atoms with E-state index in [1.165, 1.54) is 0 Å². The predicted molar refractivity (Wildman–Crippen MR) is 74.1 cm³/mol. The summed E-state index contributed by atoms with van der Waals surface area (Å²) < 4.78 is 0. The molecule has 1 aromatic rings. The third kappa shape index (κ3) is 4.25. The molecule has 0 radical (unpaired) electrons. The molecule has 0 fully saturated rings. The van der Waals surface area contributed by atoms with E-state index in [1.54, 1.807) is 0 Å². The SMILES string of the molecule is C[C@H](CCO)NC(=O)Nc1ccccc1N(C)C. The minimum atomic E-state index is -0.259. The van der Waals surface area contributed by atoms with Crippen LogP contribution in [0.5, 0.6) is 0 Å².